The molecule has 1 unspecified atom stereocenters. The quantitative estimate of drug-likeness (QED) is 0.137. The highest BCUT2D eigenvalue weighted by atomic mass is 127. The van der Waals surface area contributed by atoms with Gasteiger partial charge in [-0.2, -0.15) is 5.10 Å². The zero-order chi connectivity index (χ0) is 19.5. The number of rotatable bonds is 5. The second kappa shape index (κ2) is 8.89. The Balaban J connectivity index is 1.97. The SMILES string of the molecule is CC/C(=C(/c1ccc(Br)cc1)c1ccc2c(cnn2PI)c1)c1ccccc1. The predicted molar refractivity (Wildman–Crippen MR) is 134 cm³/mol. The third-order valence-electron chi connectivity index (χ3n) is 4.85. The molecule has 1 aromatic heterocycles. The van der Waals surface area contributed by atoms with E-state index in [-0.39, 0.29) is 0 Å². The summed E-state index contributed by atoms with van der Waals surface area (Å²) in [6, 6.07) is 26.0. The summed E-state index contributed by atoms with van der Waals surface area (Å²) in [5.74, 6) is 0. The van der Waals surface area contributed by atoms with Crippen molar-refractivity contribution in [3.63, 3.8) is 0 Å². The van der Waals surface area contributed by atoms with Gasteiger partial charge in [0.2, 0.25) is 0 Å². The summed E-state index contributed by atoms with van der Waals surface area (Å²) in [6.07, 6.45) is 3.53. The minimum absolute atomic E-state index is 0.602. The van der Waals surface area contributed by atoms with E-state index in [0.717, 1.165) is 10.9 Å². The van der Waals surface area contributed by atoms with Gasteiger partial charge in [0.15, 0.2) is 0 Å². The molecule has 1 atom stereocenters. The average molecular weight is 561 g/mol. The lowest BCUT2D eigenvalue weighted by atomic mass is 9.88. The third-order valence-corrected chi connectivity index (χ3v) is 7.26. The lowest BCUT2D eigenvalue weighted by Gasteiger charge is -2.16. The molecular formula is C23H19BrIN2P. The number of allylic oxidation sites excluding steroid dienone is 1. The van der Waals surface area contributed by atoms with Crippen molar-refractivity contribution < 1.29 is 0 Å². The van der Waals surface area contributed by atoms with Crippen LogP contribution in [0.2, 0.25) is 0 Å². The molecule has 2 nitrogen and oxygen atoms in total. The molecular weight excluding hydrogens is 542 g/mol. The Hall–Kier alpha value is -1.49. The molecule has 0 aliphatic rings. The zero-order valence-corrected chi connectivity index (χ0v) is 20.1. The van der Waals surface area contributed by atoms with Crippen LogP contribution in [-0.2, 0) is 0 Å². The van der Waals surface area contributed by atoms with E-state index in [1.807, 2.05) is 6.20 Å². The maximum atomic E-state index is 4.52. The van der Waals surface area contributed by atoms with Gasteiger partial charge in [-0.25, -0.2) is 4.45 Å². The second-order valence-corrected chi connectivity index (χ2v) is 9.45. The van der Waals surface area contributed by atoms with Crippen LogP contribution in [0, 0.1) is 0 Å². The van der Waals surface area contributed by atoms with E-state index in [1.165, 1.54) is 38.7 Å². The second-order valence-electron chi connectivity index (χ2n) is 6.49. The fourth-order valence-electron chi connectivity index (χ4n) is 3.55. The van der Waals surface area contributed by atoms with Gasteiger partial charge in [-0.1, -0.05) is 71.4 Å². The van der Waals surface area contributed by atoms with Crippen LogP contribution in [0.15, 0.2) is 83.5 Å². The summed E-state index contributed by atoms with van der Waals surface area (Å²) >= 11 is 5.94. The summed E-state index contributed by atoms with van der Waals surface area (Å²) in [7, 11) is 0. The largest absolute Gasteiger partial charge is 0.237 e. The molecule has 0 saturated heterocycles. The van der Waals surface area contributed by atoms with Crippen molar-refractivity contribution in [2.45, 2.75) is 13.3 Å². The lowest BCUT2D eigenvalue weighted by molar-refractivity contribution is 1.04. The van der Waals surface area contributed by atoms with Crippen LogP contribution in [0.3, 0.4) is 0 Å². The van der Waals surface area contributed by atoms with Gasteiger partial charge in [-0.05, 0) is 80.6 Å². The highest BCUT2D eigenvalue weighted by Crippen LogP contribution is 2.37. The van der Waals surface area contributed by atoms with Crippen LogP contribution < -0.4 is 0 Å². The summed E-state index contributed by atoms with van der Waals surface area (Å²) in [6.45, 7) is 2.23. The maximum absolute atomic E-state index is 4.52. The highest BCUT2D eigenvalue weighted by molar-refractivity contribution is 14.2. The zero-order valence-electron chi connectivity index (χ0n) is 15.4. The molecule has 0 aliphatic heterocycles. The Bertz CT molecular complexity index is 1130. The van der Waals surface area contributed by atoms with Gasteiger partial charge in [0, 0.05) is 9.86 Å². The van der Waals surface area contributed by atoms with E-state index in [4.69, 9.17) is 0 Å². The Morgan fingerprint density at radius 2 is 1.68 bits per heavy atom. The van der Waals surface area contributed by atoms with E-state index in [2.05, 4.69) is 127 Å². The molecule has 0 fully saturated rings. The van der Waals surface area contributed by atoms with Crippen molar-refractivity contribution in [3.8, 4) is 0 Å². The normalized spacial score (nSPS) is 12.7. The molecule has 0 radical (unpaired) electrons. The molecule has 28 heavy (non-hydrogen) atoms. The van der Waals surface area contributed by atoms with Crippen molar-refractivity contribution in [2.75, 3.05) is 0 Å². The molecule has 5 heteroatoms. The summed E-state index contributed by atoms with van der Waals surface area (Å²) in [5.41, 5.74) is 7.55. The maximum Gasteiger partial charge on any atom is 0.0729 e. The number of fused-ring (bicyclic) bond motifs is 1. The first kappa shape index (κ1) is 19.8. The van der Waals surface area contributed by atoms with Crippen molar-refractivity contribution >= 4 is 66.4 Å². The van der Waals surface area contributed by atoms with Crippen molar-refractivity contribution in [3.05, 3.63) is 100 Å². The molecule has 0 amide bonds. The topological polar surface area (TPSA) is 17.8 Å². The number of benzene rings is 3. The summed E-state index contributed by atoms with van der Waals surface area (Å²) < 4.78 is 3.15. The summed E-state index contributed by atoms with van der Waals surface area (Å²) in [5, 5.41) is 5.70. The Morgan fingerprint density at radius 1 is 0.964 bits per heavy atom. The van der Waals surface area contributed by atoms with Crippen molar-refractivity contribution in [2.24, 2.45) is 0 Å². The smallest absolute Gasteiger partial charge is 0.0729 e. The van der Waals surface area contributed by atoms with Crippen LogP contribution in [0.5, 0.6) is 0 Å². The minimum Gasteiger partial charge on any atom is -0.237 e. The van der Waals surface area contributed by atoms with Crippen LogP contribution in [0.4, 0.5) is 0 Å². The molecule has 4 aromatic rings. The van der Waals surface area contributed by atoms with Gasteiger partial charge in [-0.3, -0.25) is 0 Å². The lowest BCUT2D eigenvalue weighted by Crippen LogP contribution is -1.95. The minimum atomic E-state index is 0.602. The van der Waals surface area contributed by atoms with Crippen LogP contribution in [0.25, 0.3) is 22.0 Å². The molecule has 3 aromatic carbocycles. The van der Waals surface area contributed by atoms with E-state index < -0.39 is 0 Å². The van der Waals surface area contributed by atoms with Gasteiger partial charge >= 0.3 is 0 Å². The van der Waals surface area contributed by atoms with Gasteiger partial charge in [0.1, 0.15) is 0 Å². The first-order valence-electron chi connectivity index (χ1n) is 9.10. The van der Waals surface area contributed by atoms with Gasteiger partial charge in [0.25, 0.3) is 0 Å². The first-order chi connectivity index (χ1) is 13.7. The Morgan fingerprint density at radius 3 is 2.36 bits per heavy atom. The fourth-order valence-corrected chi connectivity index (χ4v) is 5.37. The number of hydrogen-bond acceptors (Lipinski definition) is 1. The standard InChI is InChI=1S/C23H19BrIN2P/c1-2-21(16-6-4-3-5-7-16)23(17-8-11-20(24)12-9-17)18-10-13-22-19(14-18)15-26-27(22)28-25/h3-15,28H,2H2,1H3/b23-21+. The molecule has 0 saturated carbocycles. The average Bonchev–Trinajstić information content (AvgIpc) is 3.16. The molecule has 0 N–H and O–H groups in total. The molecule has 0 bridgehead atoms. The van der Waals surface area contributed by atoms with Crippen LogP contribution >= 0.6 is 44.3 Å². The molecule has 1 heterocycles. The van der Waals surface area contributed by atoms with E-state index >= 15 is 0 Å². The number of hydrogen-bond donors (Lipinski definition) is 0. The number of nitrogens with zero attached hydrogens (tertiary/aromatic N) is 2. The third kappa shape index (κ3) is 3.96. The first-order valence-corrected chi connectivity index (χ1v) is 14.0. The van der Waals surface area contributed by atoms with Crippen molar-refractivity contribution in [1.29, 1.82) is 0 Å². The monoisotopic (exact) mass is 560 g/mol. The summed E-state index contributed by atoms with van der Waals surface area (Å²) in [4.78, 5) is 0. The molecule has 0 spiro atoms. The van der Waals surface area contributed by atoms with Gasteiger partial charge < -0.3 is 0 Å². The highest BCUT2D eigenvalue weighted by Gasteiger charge is 2.14. The van der Waals surface area contributed by atoms with E-state index in [9.17, 15) is 0 Å². The van der Waals surface area contributed by atoms with Crippen molar-refractivity contribution in [1.82, 2.24) is 9.55 Å². The predicted octanol–water partition coefficient (Wildman–Crippen LogP) is 7.96. The molecule has 0 aliphatic carbocycles. The Labute approximate surface area is 188 Å². The number of aromatic nitrogens is 2. The van der Waals surface area contributed by atoms with Crippen LogP contribution in [-0.4, -0.2) is 9.55 Å². The Kier molecular flexibility index (Phi) is 6.29. The van der Waals surface area contributed by atoms with Gasteiger partial charge in [-0.15, -0.1) is 0 Å². The van der Waals surface area contributed by atoms with Crippen LogP contribution in [0.1, 0.15) is 30.0 Å². The molecule has 140 valence electrons. The van der Waals surface area contributed by atoms with E-state index in [0.29, 0.717) is 6.37 Å². The molecule has 4 rings (SSSR count). The van der Waals surface area contributed by atoms with Gasteiger partial charge in [0.05, 0.1) is 18.1 Å². The van der Waals surface area contributed by atoms with E-state index in [1.54, 1.807) is 0 Å². The number of halogens is 2. The fraction of sp³-hybridized carbons (Fsp3) is 0.0870.